The minimum absolute atomic E-state index is 0.121. The first kappa shape index (κ1) is 8.96. The monoisotopic (exact) mass is 211 g/mol. The van der Waals surface area contributed by atoms with Gasteiger partial charge in [-0.15, -0.1) is 0 Å². The number of nitrogens with zero attached hydrogens (tertiary/aromatic N) is 2. The topological polar surface area (TPSA) is 71.8 Å². The third kappa shape index (κ3) is 1.13. The standard InChI is InChI=1S/C8H6ClN3O2/c1-4-2-5(9)8(12(13)14)7-6(4)10-3-11-7/h2-3H,1H3,(H,10,11). The van der Waals surface area contributed by atoms with Crippen LogP contribution in [0.15, 0.2) is 12.4 Å². The number of imidazole rings is 1. The van der Waals surface area contributed by atoms with Gasteiger partial charge in [0.25, 0.3) is 0 Å². The van der Waals surface area contributed by atoms with Crippen LogP contribution < -0.4 is 0 Å². The number of H-pyrrole nitrogens is 1. The number of aromatic amines is 1. The number of hydrogen-bond donors (Lipinski definition) is 1. The largest absolute Gasteiger partial charge is 0.339 e. The van der Waals surface area contributed by atoms with Crippen molar-refractivity contribution in [1.29, 1.82) is 0 Å². The summed E-state index contributed by atoms with van der Waals surface area (Å²) in [6.45, 7) is 1.80. The molecule has 0 aliphatic heterocycles. The lowest BCUT2D eigenvalue weighted by Crippen LogP contribution is -1.92. The van der Waals surface area contributed by atoms with Gasteiger partial charge in [-0.05, 0) is 18.6 Å². The fraction of sp³-hybridized carbons (Fsp3) is 0.125. The average Bonchev–Trinajstić information content (AvgIpc) is 2.51. The summed E-state index contributed by atoms with van der Waals surface area (Å²) in [6.07, 6.45) is 1.42. The molecule has 0 aliphatic carbocycles. The number of aryl methyl sites for hydroxylation is 1. The molecule has 0 amide bonds. The summed E-state index contributed by atoms with van der Waals surface area (Å²) in [4.78, 5) is 16.9. The zero-order chi connectivity index (χ0) is 10.3. The van der Waals surface area contributed by atoms with E-state index >= 15 is 0 Å². The number of hydrogen-bond acceptors (Lipinski definition) is 3. The van der Waals surface area contributed by atoms with E-state index in [-0.39, 0.29) is 10.7 Å². The SMILES string of the molecule is Cc1cc(Cl)c([N+](=O)[O-])c2[nH]cnc12. The second-order valence-corrected chi connectivity index (χ2v) is 3.31. The van der Waals surface area contributed by atoms with Crippen molar-refractivity contribution < 1.29 is 4.92 Å². The second kappa shape index (κ2) is 2.95. The number of aromatic nitrogens is 2. The quantitative estimate of drug-likeness (QED) is 0.582. The normalized spacial score (nSPS) is 10.7. The Balaban J connectivity index is 2.93. The van der Waals surface area contributed by atoms with E-state index in [1.165, 1.54) is 6.33 Å². The van der Waals surface area contributed by atoms with Crippen LogP contribution in [0.3, 0.4) is 0 Å². The molecule has 0 saturated heterocycles. The van der Waals surface area contributed by atoms with Gasteiger partial charge in [0.1, 0.15) is 10.5 Å². The Hall–Kier alpha value is -1.62. The average molecular weight is 212 g/mol. The van der Waals surface area contributed by atoms with Gasteiger partial charge in [0, 0.05) is 0 Å². The van der Waals surface area contributed by atoms with E-state index in [9.17, 15) is 10.1 Å². The summed E-state index contributed by atoms with van der Waals surface area (Å²) in [5.74, 6) is 0. The molecule has 6 heteroatoms. The highest BCUT2D eigenvalue weighted by molar-refractivity contribution is 6.34. The molecular weight excluding hydrogens is 206 g/mol. The fourth-order valence-electron chi connectivity index (χ4n) is 1.40. The zero-order valence-electron chi connectivity index (χ0n) is 7.24. The predicted molar refractivity (Wildman–Crippen MR) is 52.5 cm³/mol. The third-order valence-corrected chi connectivity index (χ3v) is 2.29. The molecule has 1 aromatic carbocycles. The molecule has 1 aromatic heterocycles. The lowest BCUT2D eigenvalue weighted by molar-refractivity contribution is -0.383. The van der Waals surface area contributed by atoms with E-state index in [0.717, 1.165) is 5.56 Å². The highest BCUT2D eigenvalue weighted by atomic mass is 35.5. The van der Waals surface area contributed by atoms with Crippen molar-refractivity contribution in [1.82, 2.24) is 9.97 Å². The number of rotatable bonds is 1. The van der Waals surface area contributed by atoms with Gasteiger partial charge in [-0.25, -0.2) is 4.98 Å². The molecule has 0 saturated carbocycles. The van der Waals surface area contributed by atoms with E-state index < -0.39 is 4.92 Å². The summed E-state index contributed by atoms with van der Waals surface area (Å²) >= 11 is 5.77. The first-order valence-electron chi connectivity index (χ1n) is 3.88. The smallest absolute Gasteiger partial charge is 0.313 e. The second-order valence-electron chi connectivity index (χ2n) is 2.91. The van der Waals surface area contributed by atoms with Crippen LogP contribution in [0.25, 0.3) is 11.0 Å². The van der Waals surface area contributed by atoms with E-state index in [4.69, 9.17) is 11.6 Å². The summed E-state index contributed by atoms with van der Waals surface area (Å²) in [7, 11) is 0. The molecule has 0 atom stereocenters. The number of nitrogens with one attached hydrogen (secondary N) is 1. The number of nitro groups is 1. The molecule has 0 fully saturated rings. The first-order chi connectivity index (χ1) is 6.61. The minimum Gasteiger partial charge on any atom is -0.339 e. The maximum atomic E-state index is 10.7. The third-order valence-electron chi connectivity index (χ3n) is 2.00. The van der Waals surface area contributed by atoms with Crippen LogP contribution >= 0.6 is 11.6 Å². The Kier molecular flexibility index (Phi) is 1.89. The molecule has 2 aromatic rings. The Labute approximate surface area is 83.9 Å². The van der Waals surface area contributed by atoms with Crippen molar-refractivity contribution >= 4 is 28.3 Å². The molecule has 0 bridgehead atoms. The summed E-state index contributed by atoms with van der Waals surface area (Å²) in [5.41, 5.74) is 1.66. The van der Waals surface area contributed by atoms with Crippen molar-refractivity contribution in [3.8, 4) is 0 Å². The van der Waals surface area contributed by atoms with Gasteiger partial charge in [0.2, 0.25) is 0 Å². The van der Waals surface area contributed by atoms with Crippen molar-refractivity contribution in [2.75, 3.05) is 0 Å². The van der Waals surface area contributed by atoms with Crippen LogP contribution in [-0.4, -0.2) is 14.9 Å². The molecule has 14 heavy (non-hydrogen) atoms. The minimum atomic E-state index is -0.512. The number of fused-ring (bicyclic) bond motifs is 1. The molecule has 0 radical (unpaired) electrons. The van der Waals surface area contributed by atoms with E-state index in [2.05, 4.69) is 9.97 Å². The highest BCUT2D eigenvalue weighted by Crippen LogP contribution is 2.33. The van der Waals surface area contributed by atoms with Crippen LogP contribution in [0.5, 0.6) is 0 Å². The van der Waals surface area contributed by atoms with Gasteiger partial charge < -0.3 is 4.98 Å². The van der Waals surface area contributed by atoms with Crippen LogP contribution in [0, 0.1) is 17.0 Å². The Bertz CT molecular complexity index is 521. The number of benzene rings is 1. The predicted octanol–water partition coefficient (Wildman–Crippen LogP) is 2.43. The van der Waals surface area contributed by atoms with Gasteiger partial charge in [0.05, 0.1) is 16.8 Å². The molecule has 1 N–H and O–H groups in total. The van der Waals surface area contributed by atoms with Gasteiger partial charge in [-0.1, -0.05) is 11.6 Å². The van der Waals surface area contributed by atoms with Crippen molar-refractivity contribution in [2.45, 2.75) is 6.92 Å². The molecule has 0 unspecified atom stereocenters. The fourth-order valence-corrected chi connectivity index (χ4v) is 1.73. The van der Waals surface area contributed by atoms with Crippen molar-refractivity contribution in [3.05, 3.63) is 33.1 Å². The molecule has 5 nitrogen and oxygen atoms in total. The Morgan fingerprint density at radius 1 is 1.64 bits per heavy atom. The van der Waals surface area contributed by atoms with Gasteiger partial charge in [-0.2, -0.15) is 0 Å². The lowest BCUT2D eigenvalue weighted by Gasteiger charge is -1.98. The van der Waals surface area contributed by atoms with Crippen LogP contribution in [-0.2, 0) is 0 Å². The Morgan fingerprint density at radius 3 is 3.00 bits per heavy atom. The first-order valence-corrected chi connectivity index (χ1v) is 4.25. The zero-order valence-corrected chi connectivity index (χ0v) is 8.00. The van der Waals surface area contributed by atoms with Crippen LogP contribution in [0.2, 0.25) is 5.02 Å². The lowest BCUT2D eigenvalue weighted by atomic mass is 10.2. The molecule has 72 valence electrons. The Morgan fingerprint density at radius 2 is 2.36 bits per heavy atom. The van der Waals surface area contributed by atoms with Gasteiger partial charge in [-0.3, -0.25) is 10.1 Å². The molecule has 2 rings (SSSR count). The maximum Gasteiger partial charge on any atom is 0.313 e. The molecule has 0 aliphatic rings. The molecular formula is C8H6ClN3O2. The van der Waals surface area contributed by atoms with E-state index in [0.29, 0.717) is 11.0 Å². The van der Waals surface area contributed by atoms with E-state index in [1.807, 2.05) is 0 Å². The molecule has 1 heterocycles. The van der Waals surface area contributed by atoms with E-state index in [1.54, 1.807) is 13.0 Å². The molecule has 0 spiro atoms. The van der Waals surface area contributed by atoms with Crippen molar-refractivity contribution in [2.24, 2.45) is 0 Å². The van der Waals surface area contributed by atoms with Crippen molar-refractivity contribution in [3.63, 3.8) is 0 Å². The van der Waals surface area contributed by atoms with Crippen LogP contribution in [0.4, 0.5) is 5.69 Å². The number of halogens is 1. The number of nitro benzene ring substituents is 1. The van der Waals surface area contributed by atoms with Gasteiger partial charge >= 0.3 is 5.69 Å². The maximum absolute atomic E-state index is 10.7. The van der Waals surface area contributed by atoms with Gasteiger partial charge in [0.15, 0.2) is 0 Å². The summed E-state index contributed by atoms with van der Waals surface area (Å²) < 4.78 is 0. The summed E-state index contributed by atoms with van der Waals surface area (Å²) in [6, 6.07) is 1.54. The highest BCUT2D eigenvalue weighted by Gasteiger charge is 2.20. The summed E-state index contributed by atoms with van der Waals surface area (Å²) in [5, 5.41) is 10.8. The van der Waals surface area contributed by atoms with Crippen LogP contribution in [0.1, 0.15) is 5.56 Å².